The van der Waals surface area contributed by atoms with Crippen molar-refractivity contribution in [3.63, 3.8) is 0 Å². The molecule has 0 aliphatic carbocycles. The summed E-state index contributed by atoms with van der Waals surface area (Å²) in [4.78, 5) is 10.4. The van der Waals surface area contributed by atoms with Crippen LogP contribution in [0.15, 0.2) is 43.0 Å². The number of para-hydroxylation sites is 1. The Morgan fingerprint density at radius 3 is 2.33 bits per heavy atom. The molecule has 0 unspecified atom stereocenters. The summed E-state index contributed by atoms with van der Waals surface area (Å²) in [6.45, 7) is 10.9. The fraction of sp³-hybridized carbons (Fsp3) is 0.267. The minimum atomic E-state index is -0.312. The second kappa shape index (κ2) is 9.05. The lowest BCUT2D eigenvalue weighted by atomic mass is 10.2. The molecule has 0 spiro atoms. The summed E-state index contributed by atoms with van der Waals surface area (Å²) in [5, 5.41) is 0. The number of methoxy groups -OCH3 is 1. The minimum Gasteiger partial charge on any atom is -0.496 e. The lowest BCUT2D eigenvalue weighted by molar-refractivity contribution is -0.138. The predicted octanol–water partition coefficient (Wildman–Crippen LogP) is 3.46. The van der Waals surface area contributed by atoms with Crippen molar-refractivity contribution in [3.05, 3.63) is 48.6 Å². The molecule has 1 aromatic rings. The quantitative estimate of drug-likeness (QED) is 0.604. The highest BCUT2D eigenvalue weighted by Gasteiger charge is 1.98. The summed E-state index contributed by atoms with van der Waals surface area (Å²) < 4.78 is 9.63. The second-order valence-corrected chi connectivity index (χ2v) is 3.45. The SMILES string of the molecule is C=C(C)C(=O)OCC.C=Cc1ccccc1OC. The highest BCUT2D eigenvalue weighted by molar-refractivity contribution is 5.86. The topological polar surface area (TPSA) is 35.5 Å². The second-order valence-electron chi connectivity index (χ2n) is 3.45. The molecule has 0 N–H and O–H groups in total. The number of esters is 1. The van der Waals surface area contributed by atoms with E-state index in [2.05, 4.69) is 17.9 Å². The van der Waals surface area contributed by atoms with Gasteiger partial charge in [-0.15, -0.1) is 0 Å². The smallest absolute Gasteiger partial charge is 0.333 e. The molecule has 0 aromatic heterocycles. The number of carbonyl (C=O) groups excluding carboxylic acids is 1. The molecule has 98 valence electrons. The van der Waals surface area contributed by atoms with Gasteiger partial charge in [0.15, 0.2) is 0 Å². The number of hydrogen-bond donors (Lipinski definition) is 0. The van der Waals surface area contributed by atoms with Gasteiger partial charge in [-0.2, -0.15) is 0 Å². The first-order valence-electron chi connectivity index (χ1n) is 5.64. The van der Waals surface area contributed by atoms with Gasteiger partial charge in [-0.1, -0.05) is 37.4 Å². The first-order valence-corrected chi connectivity index (χ1v) is 5.64. The summed E-state index contributed by atoms with van der Waals surface area (Å²) in [5.41, 5.74) is 1.48. The first kappa shape index (κ1) is 16.0. The Labute approximate surface area is 109 Å². The van der Waals surface area contributed by atoms with Crippen LogP contribution >= 0.6 is 0 Å². The van der Waals surface area contributed by atoms with Crippen LogP contribution in [0.1, 0.15) is 19.4 Å². The zero-order chi connectivity index (χ0) is 14.0. The first-order chi connectivity index (χ1) is 8.56. The van der Waals surface area contributed by atoms with Crippen LogP contribution in [-0.2, 0) is 9.53 Å². The van der Waals surface area contributed by atoms with Crippen molar-refractivity contribution < 1.29 is 14.3 Å². The number of rotatable bonds is 4. The molecular formula is C15H20O3. The molecule has 3 nitrogen and oxygen atoms in total. The van der Waals surface area contributed by atoms with E-state index in [0.29, 0.717) is 12.2 Å². The molecule has 0 fully saturated rings. The lowest BCUT2D eigenvalue weighted by Gasteiger charge is -2.01. The van der Waals surface area contributed by atoms with Crippen LogP contribution < -0.4 is 4.74 Å². The Hall–Kier alpha value is -2.03. The van der Waals surface area contributed by atoms with Gasteiger partial charge >= 0.3 is 5.97 Å². The molecule has 0 aliphatic rings. The van der Waals surface area contributed by atoms with E-state index in [1.165, 1.54) is 0 Å². The third-order valence-electron chi connectivity index (χ3n) is 1.98. The molecule has 0 aliphatic heterocycles. The fourth-order valence-electron chi connectivity index (χ4n) is 1.09. The molecule has 0 atom stereocenters. The Morgan fingerprint density at radius 2 is 2.00 bits per heavy atom. The van der Waals surface area contributed by atoms with Gasteiger partial charge in [0.2, 0.25) is 0 Å². The van der Waals surface area contributed by atoms with Gasteiger partial charge in [0.25, 0.3) is 0 Å². The number of carbonyl (C=O) groups is 1. The summed E-state index contributed by atoms with van der Waals surface area (Å²) in [7, 11) is 1.66. The molecule has 0 bridgehead atoms. The highest BCUT2D eigenvalue weighted by atomic mass is 16.5. The van der Waals surface area contributed by atoms with Crippen LogP contribution in [0.2, 0.25) is 0 Å². The molecule has 0 saturated heterocycles. The summed E-state index contributed by atoms with van der Waals surface area (Å²) in [5.74, 6) is 0.560. The van der Waals surface area contributed by atoms with Crippen LogP contribution in [0, 0.1) is 0 Å². The third-order valence-corrected chi connectivity index (χ3v) is 1.98. The van der Waals surface area contributed by atoms with E-state index >= 15 is 0 Å². The number of ether oxygens (including phenoxy) is 2. The number of benzene rings is 1. The molecule has 0 heterocycles. The van der Waals surface area contributed by atoms with Crippen molar-refractivity contribution in [2.24, 2.45) is 0 Å². The van der Waals surface area contributed by atoms with Gasteiger partial charge < -0.3 is 9.47 Å². The van der Waals surface area contributed by atoms with Crippen LogP contribution in [0.3, 0.4) is 0 Å². The van der Waals surface area contributed by atoms with E-state index in [1.54, 1.807) is 27.0 Å². The zero-order valence-electron chi connectivity index (χ0n) is 11.2. The molecule has 0 radical (unpaired) electrons. The molecule has 1 aromatic carbocycles. The van der Waals surface area contributed by atoms with Crippen LogP contribution in [0.4, 0.5) is 0 Å². The van der Waals surface area contributed by atoms with Crippen molar-refractivity contribution in [2.45, 2.75) is 13.8 Å². The van der Waals surface area contributed by atoms with Crippen LogP contribution in [0.25, 0.3) is 6.08 Å². The monoisotopic (exact) mass is 248 g/mol. The van der Waals surface area contributed by atoms with Gasteiger partial charge in [0, 0.05) is 11.1 Å². The van der Waals surface area contributed by atoms with E-state index in [4.69, 9.17) is 4.74 Å². The van der Waals surface area contributed by atoms with E-state index in [1.807, 2.05) is 24.3 Å². The lowest BCUT2D eigenvalue weighted by Crippen LogP contribution is -2.03. The van der Waals surface area contributed by atoms with Crippen molar-refractivity contribution >= 4 is 12.0 Å². The van der Waals surface area contributed by atoms with Gasteiger partial charge in [0.1, 0.15) is 5.75 Å². The Bertz CT molecular complexity index is 408. The third kappa shape index (κ3) is 5.89. The van der Waals surface area contributed by atoms with Crippen molar-refractivity contribution in [3.8, 4) is 5.75 Å². The normalized spacial score (nSPS) is 8.61. The van der Waals surface area contributed by atoms with Crippen molar-refractivity contribution in [1.82, 2.24) is 0 Å². The maximum absolute atomic E-state index is 10.4. The van der Waals surface area contributed by atoms with E-state index < -0.39 is 0 Å². The largest absolute Gasteiger partial charge is 0.496 e. The van der Waals surface area contributed by atoms with Crippen LogP contribution in [0.5, 0.6) is 5.75 Å². The van der Waals surface area contributed by atoms with Crippen molar-refractivity contribution in [2.75, 3.05) is 13.7 Å². The molecule has 0 saturated carbocycles. The number of hydrogen-bond acceptors (Lipinski definition) is 3. The Balaban J connectivity index is 0.000000331. The molecule has 3 heteroatoms. The molecule has 18 heavy (non-hydrogen) atoms. The van der Waals surface area contributed by atoms with Gasteiger partial charge in [-0.25, -0.2) is 4.79 Å². The fourth-order valence-corrected chi connectivity index (χ4v) is 1.09. The maximum atomic E-state index is 10.4. The Kier molecular flexibility index (Phi) is 8.03. The molecule has 1 rings (SSSR count). The van der Waals surface area contributed by atoms with E-state index in [9.17, 15) is 4.79 Å². The summed E-state index contributed by atoms with van der Waals surface area (Å²) in [6.07, 6.45) is 1.78. The maximum Gasteiger partial charge on any atom is 0.333 e. The van der Waals surface area contributed by atoms with Gasteiger partial charge in [-0.3, -0.25) is 0 Å². The standard InChI is InChI=1S/C9H10O.C6H10O2/c1-3-8-6-4-5-7-9(8)10-2;1-4-8-6(7)5(2)3/h3-7H,1H2,2H3;2,4H2,1,3H3. The Morgan fingerprint density at radius 1 is 1.39 bits per heavy atom. The minimum absolute atomic E-state index is 0.312. The molecular weight excluding hydrogens is 228 g/mol. The average Bonchev–Trinajstić information content (AvgIpc) is 2.39. The van der Waals surface area contributed by atoms with Gasteiger partial charge in [-0.05, 0) is 19.9 Å². The van der Waals surface area contributed by atoms with Gasteiger partial charge in [0.05, 0.1) is 13.7 Å². The average molecular weight is 248 g/mol. The van der Waals surface area contributed by atoms with Crippen LogP contribution in [-0.4, -0.2) is 19.7 Å². The summed E-state index contributed by atoms with van der Waals surface area (Å²) >= 11 is 0. The van der Waals surface area contributed by atoms with E-state index in [0.717, 1.165) is 11.3 Å². The summed E-state index contributed by atoms with van der Waals surface area (Å²) in [6, 6.07) is 7.77. The zero-order valence-corrected chi connectivity index (χ0v) is 11.2. The highest BCUT2D eigenvalue weighted by Crippen LogP contribution is 2.17. The predicted molar refractivity (Wildman–Crippen MR) is 74.5 cm³/mol. The van der Waals surface area contributed by atoms with Crippen molar-refractivity contribution in [1.29, 1.82) is 0 Å². The van der Waals surface area contributed by atoms with E-state index in [-0.39, 0.29) is 5.97 Å². The molecule has 0 amide bonds.